The summed E-state index contributed by atoms with van der Waals surface area (Å²) >= 11 is 0. The Morgan fingerprint density at radius 1 is 1.28 bits per heavy atom. The van der Waals surface area contributed by atoms with Gasteiger partial charge in [0.05, 0.1) is 17.4 Å². The van der Waals surface area contributed by atoms with Crippen LogP contribution in [-0.4, -0.2) is 19.7 Å². The predicted molar refractivity (Wildman–Crippen MR) is 70.4 cm³/mol. The summed E-state index contributed by atoms with van der Waals surface area (Å²) in [7, 11) is 1.87. The second kappa shape index (κ2) is 3.99. The van der Waals surface area contributed by atoms with Crippen LogP contribution in [0.1, 0.15) is 0 Å². The first-order valence-corrected chi connectivity index (χ1v) is 5.48. The van der Waals surface area contributed by atoms with E-state index in [1.165, 1.54) is 6.33 Å². The van der Waals surface area contributed by atoms with Gasteiger partial charge in [-0.2, -0.15) is 5.10 Å². The molecule has 6 heteroatoms. The Labute approximate surface area is 103 Å². The fraction of sp³-hybridized carbons (Fsp3) is 0.0833. The van der Waals surface area contributed by atoms with Crippen molar-refractivity contribution in [3.63, 3.8) is 0 Å². The van der Waals surface area contributed by atoms with E-state index >= 15 is 0 Å². The maximum absolute atomic E-state index is 5.74. The van der Waals surface area contributed by atoms with Crippen molar-refractivity contribution in [1.29, 1.82) is 0 Å². The Kier molecular flexibility index (Phi) is 2.33. The zero-order valence-corrected chi connectivity index (χ0v) is 9.83. The molecule has 90 valence electrons. The third-order valence-electron chi connectivity index (χ3n) is 2.63. The summed E-state index contributed by atoms with van der Waals surface area (Å²) in [5.74, 6) is 0.744. The topological polar surface area (TPSA) is 81.7 Å². The Morgan fingerprint density at radius 2 is 2.17 bits per heavy atom. The molecule has 3 aromatic rings. The lowest BCUT2D eigenvalue weighted by Gasteiger charge is -2.06. The largest absolute Gasteiger partial charge is 0.399 e. The molecule has 0 bridgehead atoms. The lowest BCUT2D eigenvalue weighted by molar-refractivity contribution is 0.768. The van der Waals surface area contributed by atoms with Gasteiger partial charge in [-0.3, -0.25) is 4.68 Å². The van der Waals surface area contributed by atoms with E-state index in [9.17, 15) is 0 Å². The highest BCUT2D eigenvalue weighted by Crippen LogP contribution is 2.23. The van der Waals surface area contributed by atoms with Gasteiger partial charge in [0.15, 0.2) is 0 Å². The average molecular weight is 240 g/mol. The number of aromatic nitrogens is 4. The van der Waals surface area contributed by atoms with Crippen molar-refractivity contribution >= 4 is 28.1 Å². The van der Waals surface area contributed by atoms with E-state index in [4.69, 9.17) is 5.73 Å². The van der Waals surface area contributed by atoms with Crippen molar-refractivity contribution in [3.05, 3.63) is 36.9 Å². The van der Waals surface area contributed by atoms with Crippen molar-refractivity contribution in [2.45, 2.75) is 0 Å². The van der Waals surface area contributed by atoms with E-state index in [2.05, 4.69) is 20.4 Å². The number of hydrogen-bond acceptors (Lipinski definition) is 5. The summed E-state index contributed by atoms with van der Waals surface area (Å²) in [6, 6.07) is 5.56. The quantitative estimate of drug-likeness (QED) is 0.666. The van der Waals surface area contributed by atoms with Crippen LogP contribution in [0.4, 0.5) is 17.2 Å². The predicted octanol–water partition coefficient (Wildman–Crippen LogP) is 1.69. The third kappa shape index (κ3) is 1.84. The molecule has 2 aromatic heterocycles. The number of anilines is 3. The molecular formula is C12H12N6. The molecular weight excluding hydrogens is 228 g/mol. The summed E-state index contributed by atoms with van der Waals surface area (Å²) in [6.45, 7) is 0. The molecule has 0 spiro atoms. The van der Waals surface area contributed by atoms with Crippen LogP contribution >= 0.6 is 0 Å². The number of hydrogen-bond donors (Lipinski definition) is 2. The highest BCUT2D eigenvalue weighted by Gasteiger charge is 2.05. The first-order chi connectivity index (χ1) is 8.72. The van der Waals surface area contributed by atoms with E-state index in [1.807, 2.05) is 31.4 Å². The van der Waals surface area contributed by atoms with Crippen LogP contribution in [0.25, 0.3) is 10.9 Å². The van der Waals surface area contributed by atoms with Gasteiger partial charge < -0.3 is 11.1 Å². The standard InChI is InChI=1S/C12H12N6/c1-18-6-9(5-16-18)17-12-10-3-2-8(13)4-11(10)14-7-15-12/h2-7H,13H2,1H3,(H,14,15,17). The minimum Gasteiger partial charge on any atom is -0.399 e. The molecule has 0 fully saturated rings. The SMILES string of the molecule is Cn1cc(Nc2ncnc3cc(N)ccc23)cn1. The molecule has 0 saturated heterocycles. The fourth-order valence-electron chi connectivity index (χ4n) is 1.80. The van der Waals surface area contributed by atoms with Crippen LogP contribution in [0.5, 0.6) is 0 Å². The van der Waals surface area contributed by atoms with Crippen LogP contribution < -0.4 is 11.1 Å². The molecule has 0 atom stereocenters. The van der Waals surface area contributed by atoms with Crippen LogP contribution in [0.2, 0.25) is 0 Å². The van der Waals surface area contributed by atoms with E-state index < -0.39 is 0 Å². The van der Waals surface area contributed by atoms with Crippen LogP contribution in [0.3, 0.4) is 0 Å². The smallest absolute Gasteiger partial charge is 0.141 e. The van der Waals surface area contributed by atoms with E-state index in [0.717, 1.165) is 22.4 Å². The summed E-state index contributed by atoms with van der Waals surface area (Å²) < 4.78 is 1.73. The summed E-state index contributed by atoms with van der Waals surface area (Å²) in [6.07, 6.45) is 5.14. The van der Waals surface area contributed by atoms with Gasteiger partial charge in [-0.25, -0.2) is 9.97 Å². The number of aryl methyl sites for hydroxylation is 1. The summed E-state index contributed by atoms with van der Waals surface area (Å²) in [5, 5.41) is 8.24. The van der Waals surface area contributed by atoms with Gasteiger partial charge in [0, 0.05) is 24.3 Å². The lowest BCUT2D eigenvalue weighted by Crippen LogP contribution is -1.96. The number of rotatable bonds is 2. The zero-order chi connectivity index (χ0) is 12.5. The molecule has 0 aliphatic heterocycles. The molecule has 18 heavy (non-hydrogen) atoms. The Balaban J connectivity index is 2.06. The van der Waals surface area contributed by atoms with E-state index in [0.29, 0.717) is 5.69 Å². The lowest BCUT2D eigenvalue weighted by atomic mass is 10.2. The number of nitrogen functional groups attached to an aromatic ring is 1. The Morgan fingerprint density at radius 3 is 2.94 bits per heavy atom. The van der Waals surface area contributed by atoms with Crippen molar-refractivity contribution < 1.29 is 0 Å². The number of nitrogens with zero attached hydrogens (tertiary/aromatic N) is 4. The second-order valence-electron chi connectivity index (χ2n) is 4.03. The molecule has 3 rings (SSSR count). The van der Waals surface area contributed by atoms with Gasteiger partial charge in [-0.15, -0.1) is 0 Å². The maximum Gasteiger partial charge on any atom is 0.141 e. The number of fused-ring (bicyclic) bond motifs is 1. The molecule has 0 aliphatic rings. The van der Waals surface area contributed by atoms with Gasteiger partial charge in [0.25, 0.3) is 0 Å². The Bertz CT molecular complexity index is 703. The van der Waals surface area contributed by atoms with Gasteiger partial charge in [0.1, 0.15) is 12.1 Å². The molecule has 0 unspecified atom stereocenters. The Hall–Kier alpha value is -2.63. The van der Waals surface area contributed by atoms with Crippen LogP contribution in [-0.2, 0) is 7.05 Å². The highest BCUT2D eigenvalue weighted by atomic mass is 15.3. The van der Waals surface area contributed by atoms with Gasteiger partial charge in [-0.1, -0.05) is 0 Å². The van der Waals surface area contributed by atoms with Crippen LogP contribution in [0, 0.1) is 0 Å². The summed E-state index contributed by atoms with van der Waals surface area (Å²) in [4.78, 5) is 8.44. The molecule has 0 amide bonds. The van der Waals surface area contributed by atoms with Gasteiger partial charge in [0.2, 0.25) is 0 Å². The number of nitrogens with one attached hydrogen (secondary N) is 1. The maximum atomic E-state index is 5.74. The molecule has 6 nitrogen and oxygen atoms in total. The van der Waals surface area contributed by atoms with Crippen molar-refractivity contribution in [2.24, 2.45) is 7.05 Å². The van der Waals surface area contributed by atoms with Crippen LogP contribution in [0.15, 0.2) is 36.9 Å². The minimum absolute atomic E-state index is 0.688. The first-order valence-electron chi connectivity index (χ1n) is 5.48. The average Bonchev–Trinajstić information content (AvgIpc) is 2.75. The molecule has 0 radical (unpaired) electrons. The van der Waals surface area contributed by atoms with E-state index in [1.54, 1.807) is 10.9 Å². The molecule has 2 heterocycles. The highest BCUT2D eigenvalue weighted by molar-refractivity contribution is 5.92. The molecule has 0 aliphatic carbocycles. The molecule has 3 N–H and O–H groups in total. The third-order valence-corrected chi connectivity index (χ3v) is 2.63. The van der Waals surface area contributed by atoms with Crippen molar-refractivity contribution in [3.8, 4) is 0 Å². The second-order valence-corrected chi connectivity index (χ2v) is 4.03. The van der Waals surface area contributed by atoms with E-state index in [-0.39, 0.29) is 0 Å². The van der Waals surface area contributed by atoms with Gasteiger partial charge in [-0.05, 0) is 18.2 Å². The fourth-order valence-corrected chi connectivity index (χ4v) is 1.80. The van der Waals surface area contributed by atoms with Crippen molar-refractivity contribution in [2.75, 3.05) is 11.1 Å². The van der Waals surface area contributed by atoms with Crippen molar-refractivity contribution in [1.82, 2.24) is 19.7 Å². The number of benzene rings is 1. The normalized spacial score (nSPS) is 10.7. The molecule has 1 aromatic carbocycles. The molecule has 0 saturated carbocycles. The number of nitrogens with two attached hydrogens (primary N) is 1. The summed E-state index contributed by atoms with van der Waals surface area (Å²) in [5.41, 5.74) is 8.12. The zero-order valence-electron chi connectivity index (χ0n) is 9.83. The first kappa shape index (κ1) is 10.5. The monoisotopic (exact) mass is 240 g/mol. The van der Waals surface area contributed by atoms with Gasteiger partial charge >= 0.3 is 0 Å². The minimum atomic E-state index is 0.688.